The summed E-state index contributed by atoms with van der Waals surface area (Å²) in [7, 11) is 1.77. The summed E-state index contributed by atoms with van der Waals surface area (Å²) in [6, 6.07) is 7.97. The SMILES string of the molecule is CCOC(CCNC(=NC)NCc1cccc(NC(=O)C2CCC2)c1)C(C)C.I. The molecule has 0 saturated heterocycles. The van der Waals surface area contributed by atoms with Gasteiger partial charge in [0.15, 0.2) is 5.96 Å². The summed E-state index contributed by atoms with van der Waals surface area (Å²) in [5.41, 5.74) is 1.96. The van der Waals surface area contributed by atoms with Gasteiger partial charge in [0.05, 0.1) is 6.10 Å². The molecular formula is C22H37IN4O2. The van der Waals surface area contributed by atoms with Crippen molar-refractivity contribution in [2.75, 3.05) is 25.5 Å². The van der Waals surface area contributed by atoms with Crippen LogP contribution >= 0.6 is 24.0 Å². The largest absolute Gasteiger partial charge is 0.378 e. The third kappa shape index (κ3) is 8.90. The van der Waals surface area contributed by atoms with E-state index in [0.29, 0.717) is 12.5 Å². The van der Waals surface area contributed by atoms with Gasteiger partial charge in [-0.25, -0.2) is 0 Å². The number of aliphatic imine (C=N–C) groups is 1. The number of hydrogen-bond acceptors (Lipinski definition) is 3. The first-order chi connectivity index (χ1) is 13.5. The molecule has 2 rings (SSSR count). The van der Waals surface area contributed by atoms with Crippen molar-refractivity contribution in [2.24, 2.45) is 16.8 Å². The van der Waals surface area contributed by atoms with Crippen LogP contribution in [-0.4, -0.2) is 38.2 Å². The quantitative estimate of drug-likeness (QED) is 0.248. The zero-order valence-corrected chi connectivity index (χ0v) is 20.5. The van der Waals surface area contributed by atoms with Crippen molar-refractivity contribution in [3.63, 3.8) is 0 Å². The molecular weight excluding hydrogens is 479 g/mol. The fourth-order valence-corrected chi connectivity index (χ4v) is 3.24. The number of nitrogens with one attached hydrogen (secondary N) is 3. The second kappa shape index (κ2) is 13.8. The fraction of sp³-hybridized carbons (Fsp3) is 0.636. The smallest absolute Gasteiger partial charge is 0.227 e. The summed E-state index contributed by atoms with van der Waals surface area (Å²) in [5, 5.41) is 9.71. The third-order valence-electron chi connectivity index (χ3n) is 5.20. The Morgan fingerprint density at radius 1 is 1.28 bits per heavy atom. The van der Waals surface area contributed by atoms with Crippen LogP contribution in [0.15, 0.2) is 29.3 Å². The van der Waals surface area contributed by atoms with E-state index in [-0.39, 0.29) is 41.9 Å². The third-order valence-corrected chi connectivity index (χ3v) is 5.20. The first-order valence-corrected chi connectivity index (χ1v) is 10.5. The number of amides is 1. The van der Waals surface area contributed by atoms with Crippen LogP contribution in [0, 0.1) is 11.8 Å². The van der Waals surface area contributed by atoms with Gasteiger partial charge >= 0.3 is 0 Å². The molecule has 1 unspecified atom stereocenters. The maximum atomic E-state index is 12.1. The average Bonchev–Trinajstić information content (AvgIpc) is 2.62. The molecule has 3 N–H and O–H groups in total. The molecule has 1 aromatic carbocycles. The Balaban J connectivity index is 0.00000420. The highest BCUT2D eigenvalue weighted by atomic mass is 127. The molecule has 0 spiro atoms. The Hall–Kier alpha value is -1.35. The van der Waals surface area contributed by atoms with E-state index < -0.39 is 0 Å². The molecule has 1 aromatic rings. The highest BCUT2D eigenvalue weighted by Crippen LogP contribution is 2.27. The molecule has 1 saturated carbocycles. The summed E-state index contributed by atoms with van der Waals surface area (Å²) in [6.07, 6.45) is 4.38. The molecule has 0 aliphatic heterocycles. The predicted molar refractivity (Wildman–Crippen MR) is 131 cm³/mol. The molecule has 1 fully saturated rings. The van der Waals surface area contributed by atoms with Crippen molar-refractivity contribution in [3.8, 4) is 0 Å². The van der Waals surface area contributed by atoms with E-state index in [4.69, 9.17) is 4.74 Å². The van der Waals surface area contributed by atoms with E-state index in [1.807, 2.05) is 31.2 Å². The van der Waals surface area contributed by atoms with Gasteiger partial charge in [-0.15, -0.1) is 24.0 Å². The zero-order chi connectivity index (χ0) is 20.4. The number of halogens is 1. The Morgan fingerprint density at radius 2 is 2.03 bits per heavy atom. The number of hydrogen-bond donors (Lipinski definition) is 3. The summed E-state index contributed by atoms with van der Waals surface area (Å²) >= 11 is 0. The lowest BCUT2D eigenvalue weighted by molar-refractivity contribution is -0.122. The van der Waals surface area contributed by atoms with Crippen molar-refractivity contribution < 1.29 is 9.53 Å². The molecule has 0 aromatic heterocycles. The first kappa shape index (κ1) is 25.7. The molecule has 1 aliphatic carbocycles. The second-order valence-corrected chi connectivity index (χ2v) is 7.70. The van der Waals surface area contributed by atoms with E-state index >= 15 is 0 Å². The van der Waals surface area contributed by atoms with Crippen molar-refractivity contribution in [1.29, 1.82) is 0 Å². The molecule has 164 valence electrons. The minimum Gasteiger partial charge on any atom is -0.378 e. The number of anilines is 1. The van der Waals surface area contributed by atoms with Crippen LogP contribution in [0.1, 0.15) is 52.0 Å². The number of carbonyl (C=O) groups excluding carboxylic acids is 1. The van der Waals surface area contributed by atoms with Crippen LogP contribution in [-0.2, 0) is 16.1 Å². The Bertz CT molecular complexity index is 647. The van der Waals surface area contributed by atoms with Gasteiger partial charge in [-0.3, -0.25) is 9.79 Å². The lowest BCUT2D eigenvalue weighted by Crippen LogP contribution is -2.39. The Morgan fingerprint density at radius 3 is 2.62 bits per heavy atom. The minimum atomic E-state index is 0. The monoisotopic (exact) mass is 516 g/mol. The average molecular weight is 516 g/mol. The molecule has 1 atom stereocenters. The van der Waals surface area contributed by atoms with Gasteiger partial charge in [0.25, 0.3) is 0 Å². The van der Waals surface area contributed by atoms with Crippen molar-refractivity contribution in [3.05, 3.63) is 29.8 Å². The fourth-order valence-electron chi connectivity index (χ4n) is 3.24. The maximum Gasteiger partial charge on any atom is 0.227 e. The summed E-state index contributed by atoms with van der Waals surface area (Å²) in [6.45, 7) is 8.59. The molecule has 1 amide bonds. The van der Waals surface area contributed by atoms with Gasteiger partial charge in [-0.2, -0.15) is 0 Å². The number of guanidine groups is 1. The van der Waals surface area contributed by atoms with Gasteiger partial charge in [0.1, 0.15) is 0 Å². The zero-order valence-electron chi connectivity index (χ0n) is 18.2. The number of carbonyl (C=O) groups is 1. The highest BCUT2D eigenvalue weighted by Gasteiger charge is 2.25. The molecule has 0 radical (unpaired) electrons. The van der Waals surface area contributed by atoms with Gasteiger partial charge in [-0.1, -0.05) is 32.4 Å². The lowest BCUT2D eigenvalue weighted by Gasteiger charge is -2.24. The minimum absolute atomic E-state index is 0. The van der Waals surface area contributed by atoms with E-state index in [2.05, 4.69) is 34.8 Å². The van der Waals surface area contributed by atoms with Crippen molar-refractivity contribution in [2.45, 2.75) is 59.1 Å². The van der Waals surface area contributed by atoms with Crippen LogP contribution in [0.25, 0.3) is 0 Å². The number of nitrogens with zero attached hydrogens (tertiary/aromatic N) is 1. The number of ether oxygens (including phenoxy) is 1. The van der Waals surface area contributed by atoms with Crippen LogP contribution in [0.2, 0.25) is 0 Å². The van der Waals surface area contributed by atoms with Gasteiger partial charge < -0.3 is 20.7 Å². The van der Waals surface area contributed by atoms with Crippen LogP contribution < -0.4 is 16.0 Å². The van der Waals surface area contributed by atoms with E-state index in [0.717, 1.165) is 56.0 Å². The molecule has 6 nitrogen and oxygen atoms in total. The van der Waals surface area contributed by atoms with E-state index in [9.17, 15) is 4.79 Å². The number of rotatable bonds is 10. The summed E-state index contributed by atoms with van der Waals surface area (Å²) in [4.78, 5) is 16.4. The van der Waals surface area contributed by atoms with E-state index in [1.54, 1.807) is 7.05 Å². The topological polar surface area (TPSA) is 74.8 Å². The highest BCUT2D eigenvalue weighted by molar-refractivity contribution is 14.0. The molecule has 29 heavy (non-hydrogen) atoms. The van der Waals surface area contributed by atoms with E-state index in [1.165, 1.54) is 0 Å². The molecule has 0 heterocycles. The van der Waals surface area contributed by atoms with Crippen molar-refractivity contribution in [1.82, 2.24) is 10.6 Å². The van der Waals surface area contributed by atoms with Crippen molar-refractivity contribution >= 4 is 41.5 Å². The Labute approximate surface area is 192 Å². The van der Waals surface area contributed by atoms with Crippen LogP contribution in [0.5, 0.6) is 0 Å². The standard InChI is InChI=1S/C22H36N4O2.HI/c1-5-28-20(16(2)3)12-13-24-22(23-4)25-15-17-8-6-11-19(14-17)26-21(27)18-9-7-10-18;/h6,8,11,14,16,18,20H,5,7,9-10,12-13,15H2,1-4H3,(H,26,27)(H2,23,24,25);1H. The first-order valence-electron chi connectivity index (χ1n) is 10.5. The number of benzene rings is 1. The Kier molecular flexibility index (Phi) is 12.2. The lowest BCUT2D eigenvalue weighted by atomic mass is 9.85. The normalized spacial score (nSPS) is 15.3. The molecule has 1 aliphatic rings. The van der Waals surface area contributed by atoms with Gasteiger partial charge in [0.2, 0.25) is 5.91 Å². The van der Waals surface area contributed by atoms with Crippen LogP contribution in [0.4, 0.5) is 5.69 Å². The van der Waals surface area contributed by atoms with Gasteiger partial charge in [-0.05, 0) is 49.8 Å². The molecule has 7 heteroatoms. The van der Waals surface area contributed by atoms with Crippen LogP contribution in [0.3, 0.4) is 0 Å². The molecule has 0 bridgehead atoms. The maximum absolute atomic E-state index is 12.1. The summed E-state index contributed by atoms with van der Waals surface area (Å²) < 4.78 is 5.79. The summed E-state index contributed by atoms with van der Waals surface area (Å²) in [5.74, 6) is 1.59. The predicted octanol–water partition coefficient (Wildman–Crippen LogP) is 4.16. The second-order valence-electron chi connectivity index (χ2n) is 7.70. The van der Waals surface area contributed by atoms with Gasteiger partial charge in [0, 0.05) is 38.3 Å².